The zero-order valence-electron chi connectivity index (χ0n) is 8.84. The third kappa shape index (κ3) is 29.9. The highest BCUT2D eigenvalue weighted by atomic mass is 31.2. The van der Waals surface area contributed by atoms with Crippen LogP contribution in [0.15, 0.2) is 12.7 Å². The Hall–Kier alpha value is -0.320. The Morgan fingerprint density at radius 3 is 2.00 bits per heavy atom. The molecular formula is C8H19NO4P+. The van der Waals surface area contributed by atoms with Crippen molar-refractivity contribution in [3.05, 3.63) is 12.7 Å². The molecule has 0 amide bonds. The second-order valence-electron chi connectivity index (χ2n) is 3.09. The van der Waals surface area contributed by atoms with E-state index < -0.39 is 7.94 Å². The summed E-state index contributed by atoms with van der Waals surface area (Å²) in [5, 5.41) is 0. The molecule has 0 rings (SSSR count). The summed E-state index contributed by atoms with van der Waals surface area (Å²) in [7, 11) is 0.493. The van der Waals surface area contributed by atoms with Crippen molar-refractivity contribution < 1.29 is 19.5 Å². The van der Waals surface area contributed by atoms with Crippen LogP contribution in [0.1, 0.15) is 6.42 Å². The fraction of sp³-hybridized carbons (Fsp3) is 0.625. The highest BCUT2D eigenvalue weighted by Gasteiger charge is 2.17. The maximum Gasteiger partial charge on any atom is 0.400 e. The molecule has 0 fully saturated rings. The predicted molar refractivity (Wildman–Crippen MR) is 57.9 cm³/mol. The summed E-state index contributed by atoms with van der Waals surface area (Å²) in [6, 6.07) is 0. The van der Waals surface area contributed by atoms with Crippen LogP contribution in [0.2, 0.25) is 0 Å². The smallest absolute Gasteiger partial charge is 0.309 e. The minimum atomic E-state index is -3.39. The number of carbonyl (C=O) groups excluding carboxylic acids is 1. The largest absolute Gasteiger partial charge is 0.400 e. The fourth-order valence-electron chi connectivity index (χ4n) is 0.436. The number of nitrogens with zero attached hydrogens (tertiary/aromatic N) is 1. The van der Waals surface area contributed by atoms with Gasteiger partial charge in [-0.3, -0.25) is 4.79 Å². The first-order chi connectivity index (χ1) is 6.16. The lowest BCUT2D eigenvalue weighted by atomic mass is 10.3. The maximum absolute atomic E-state index is 10.6. The molecule has 0 aliphatic rings. The molecule has 0 atom stereocenters. The molecule has 84 valence electrons. The molecule has 3 N–H and O–H groups in total. The molecule has 5 nitrogen and oxygen atoms in total. The van der Waals surface area contributed by atoms with Crippen molar-refractivity contribution in [1.82, 2.24) is 4.90 Å². The van der Waals surface area contributed by atoms with E-state index in [0.717, 1.165) is 13.2 Å². The summed E-state index contributed by atoms with van der Waals surface area (Å²) in [5.41, 5.74) is 0. The first-order valence-electron chi connectivity index (χ1n) is 4.01. The van der Waals surface area contributed by atoms with E-state index in [9.17, 15) is 4.79 Å². The molecule has 0 aliphatic heterocycles. The van der Waals surface area contributed by atoms with Gasteiger partial charge in [0.2, 0.25) is 0 Å². The van der Waals surface area contributed by atoms with E-state index in [2.05, 4.69) is 6.58 Å². The Balaban J connectivity index is 0. The summed E-state index contributed by atoms with van der Waals surface area (Å²) in [4.78, 5) is 35.8. The summed E-state index contributed by atoms with van der Waals surface area (Å²) in [5.74, 6) is 0.115. The van der Waals surface area contributed by atoms with Gasteiger partial charge in [0, 0.05) is 13.0 Å². The highest BCUT2D eigenvalue weighted by molar-refractivity contribution is 7.57. The molecule has 0 aromatic carbocycles. The van der Waals surface area contributed by atoms with Crippen molar-refractivity contribution in [2.45, 2.75) is 6.42 Å². The van der Waals surface area contributed by atoms with E-state index in [1.165, 1.54) is 6.08 Å². The molecule has 14 heavy (non-hydrogen) atoms. The van der Waals surface area contributed by atoms with Gasteiger partial charge < -0.3 is 4.90 Å². The van der Waals surface area contributed by atoms with Crippen LogP contribution in [0.3, 0.4) is 0 Å². The van der Waals surface area contributed by atoms with E-state index >= 15 is 0 Å². The van der Waals surface area contributed by atoms with Gasteiger partial charge in [-0.25, -0.2) is 0 Å². The Kier molecular flexibility index (Phi) is 9.24. The zero-order chi connectivity index (χ0) is 11.8. The van der Waals surface area contributed by atoms with E-state index in [1.807, 2.05) is 19.0 Å². The van der Waals surface area contributed by atoms with Crippen molar-refractivity contribution in [1.29, 1.82) is 0 Å². The van der Waals surface area contributed by atoms with E-state index in [0.29, 0.717) is 6.42 Å². The molecule has 0 aromatic rings. The van der Waals surface area contributed by atoms with Gasteiger partial charge in [0.25, 0.3) is 0 Å². The van der Waals surface area contributed by atoms with Gasteiger partial charge in [0.1, 0.15) is 6.66 Å². The van der Waals surface area contributed by atoms with Crippen LogP contribution >= 0.6 is 7.94 Å². The highest BCUT2D eigenvalue weighted by Crippen LogP contribution is 2.38. The van der Waals surface area contributed by atoms with Gasteiger partial charge in [-0.1, -0.05) is 6.58 Å². The summed E-state index contributed by atoms with van der Waals surface area (Å²) in [6.45, 7) is 5.15. The third-order valence-electron chi connectivity index (χ3n) is 1.03. The standard InChI is InChI=1S/C7H13NO.CH6O3P/c1-4-7(9)5-6-8(2)3;1-5(2,3)4/h4H,1,5-6H2,2-3H3;2-4H,1H3/q;+1. The number of rotatable bonds is 4. The van der Waals surface area contributed by atoms with Crippen LogP contribution in [0, 0.1) is 0 Å². The number of hydrogen-bond acceptors (Lipinski definition) is 5. The van der Waals surface area contributed by atoms with Gasteiger partial charge in [0.05, 0.1) is 0 Å². The monoisotopic (exact) mass is 224 g/mol. The minimum Gasteiger partial charge on any atom is -0.309 e. The van der Waals surface area contributed by atoms with E-state index in [4.69, 9.17) is 14.7 Å². The lowest BCUT2D eigenvalue weighted by molar-refractivity contribution is -0.114. The Morgan fingerprint density at radius 1 is 1.43 bits per heavy atom. The van der Waals surface area contributed by atoms with Crippen LogP contribution in [0.4, 0.5) is 0 Å². The van der Waals surface area contributed by atoms with Crippen LogP contribution in [-0.2, 0) is 4.79 Å². The molecular weight excluding hydrogens is 205 g/mol. The van der Waals surface area contributed by atoms with Crippen molar-refractivity contribution in [2.75, 3.05) is 27.3 Å². The summed E-state index contributed by atoms with van der Waals surface area (Å²) < 4.78 is 0. The molecule has 0 bridgehead atoms. The molecule has 0 radical (unpaired) electrons. The van der Waals surface area contributed by atoms with Gasteiger partial charge >= 0.3 is 7.94 Å². The van der Waals surface area contributed by atoms with Gasteiger partial charge in [-0.05, 0) is 20.2 Å². The topological polar surface area (TPSA) is 81.0 Å². The normalized spacial score (nSPS) is 10.5. The molecule has 0 saturated heterocycles. The number of hydrogen-bond donors (Lipinski definition) is 3. The summed E-state index contributed by atoms with van der Waals surface area (Å²) in [6.07, 6.45) is 1.94. The maximum atomic E-state index is 10.6. The summed E-state index contributed by atoms with van der Waals surface area (Å²) >= 11 is 0. The molecule has 0 unspecified atom stereocenters. The lowest BCUT2D eigenvalue weighted by Crippen LogP contribution is -2.15. The van der Waals surface area contributed by atoms with Gasteiger partial charge in [0.15, 0.2) is 5.78 Å². The van der Waals surface area contributed by atoms with Crippen molar-refractivity contribution in [3.8, 4) is 0 Å². The first-order valence-corrected chi connectivity index (χ1v) is 6.11. The average Bonchev–Trinajstić information content (AvgIpc) is 1.96. The first kappa shape index (κ1) is 16.1. The number of carbonyl (C=O) groups is 1. The lowest BCUT2D eigenvalue weighted by Gasteiger charge is -2.05. The molecule has 0 aromatic heterocycles. The molecule has 0 spiro atoms. The molecule has 0 heterocycles. The van der Waals surface area contributed by atoms with Gasteiger partial charge in [-0.2, -0.15) is 14.7 Å². The van der Waals surface area contributed by atoms with E-state index in [-0.39, 0.29) is 5.78 Å². The second kappa shape index (κ2) is 8.03. The van der Waals surface area contributed by atoms with Crippen molar-refractivity contribution >= 4 is 13.7 Å². The fourth-order valence-corrected chi connectivity index (χ4v) is 0.436. The average molecular weight is 224 g/mol. The Labute approximate surface area is 85.3 Å². The van der Waals surface area contributed by atoms with Crippen LogP contribution in [-0.4, -0.2) is 52.7 Å². The molecule has 0 saturated carbocycles. The molecule has 0 aliphatic carbocycles. The number of allylic oxidation sites excluding steroid dienone is 1. The predicted octanol–water partition coefficient (Wildman–Crippen LogP) is 0.0489. The van der Waals surface area contributed by atoms with Crippen LogP contribution < -0.4 is 0 Å². The SMILES string of the molecule is C=CC(=O)CCN(C)C.C[P+](O)(O)O. The van der Waals surface area contributed by atoms with Gasteiger partial charge in [-0.15, -0.1) is 0 Å². The third-order valence-corrected chi connectivity index (χ3v) is 1.03. The Morgan fingerprint density at radius 2 is 1.79 bits per heavy atom. The van der Waals surface area contributed by atoms with Crippen LogP contribution in [0.5, 0.6) is 0 Å². The number of ketones is 1. The minimum absolute atomic E-state index is 0.115. The zero-order valence-corrected chi connectivity index (χ0v) is 9.74. The van der Waals surface area contributed by atoms with Crippen LogP contribution in [0.25, 0.3) is 0 Å². The van der Waals surface area contributed by atoms with Crippen molar-refractivity contribution in [3.63, 3.8) is 0 Å². The Bertz CT molecular complexity index is 171. The molecule has 6 heteroatoms. The second-order valence-corrected chi connectivity index (χ2v) is 4.83. The van der Waals surface area contributed by atoms with E-state index in [1.54, 1.807) is 0 Å². The van der Waals surface area contributed by atoms with Crippen molar-refractivity contribution in [2.24, 2.45) is 0 Å². The quantitative estimate of drug-likeness (QED) is 0.464.